The summed E-state index contributed by atoms with van der Waals surface area (Å²) < 4.78 is 0. The van der Waals surface area contributed by atoms with E-state index in [0.29, 0.717) is 29.4 Å². The first kappa shape index (κ1) is 14.1. The average molecular weight is 299 g/mol. The Balaban J connectivity index is 3.05. The lowest BCUT2D eigenvalue weighted by atomic mass is 9.96. The molecule has 0 heterocycles. The van der Waals surface area contributed by atoms with Crippen molar-refractivity contribution in [3.63, 3.8) is 0 Å². The minimum atomic E-state index is -1.01. The van der Waals surface area contributed by atoms with Crippen molar-refractivity contribution in [3.05, 3.63) is 34.9 Å². The number of hydrogen-bond donors (Lipinski definition) is 3. The molecule has 17 heavy (non-hydrogen) atoms. The number of nitrogens with two attached hydrogens (primary N) is 1. The summed E-state index contributed by atoms with van der Waals surface area (Å²) in [6, 6.07) is 7.06. The number of halogens is 1. The zero-order chi connectivity index (χ0) is 12.8. The monoisotopic (exact) mass is 298 g/mol. The molecule has 4 N–H and O–H groups in total. The van der Waals surface area contributed by atoms with Gasteiger partial charge in [0.15, 0.2) is 0 Å². The second-order valence-corrected chi connectivity index (χ2v) is 4.31. The highest BCUT2D eigenvalue weighted by molar-refractivity contribution is 9.08. The Kier molecular flexibility index (Phi) is 5.59. The highest BCUT2D eigenvalue weighted by atomic mass is 79.9. The predicted molar refractivity (Wildman–Crippen MR) is 68.4 cm³/mol. The Labute approximate surface area is 109 Å². The molecule has 0 aliphatic carbocycles. The van der Waals surface area contributed by atoms with E-state index < -0.39 is 12.2 Å². The molecule has 1 aromatic carbocycles. The van der Waals surface area contributed by atoms with Crippen LogP contribution in [0.3, 0.4) is 0 Å². The molecule has 0 saturated carbocycles. The minimum Gasteiger partial charge on any atom is -0.390 e. The van der Waals surface area contributed by atoms with Gasteiger partial charge >= 0.3 is 0 Å². The van der Waals surface area contributed by atoms with Crippen LogP contribution in [0.5, 0.6) is 0 Å². The number of hydrogen-bond acceptors (Lipinski definition) is 4. The van der Waals surface area contributed by atoms with Gasteiger partial charge in [0.25, 0.3) is 0 Å². The van der Waals surface area contributed by atoms with Gasteiger partial charge in [-0.3, -0.25) is 0 Å². The van der Waals surface area contributed by atoms with Crippen LogP contribution >= 0.6 is 15.9 Å². The van der Waals surface area contributed by atoms with Crippen LogP contribution in [0.15, 0.2) is 18.2 Å². The highest BCUT2D eigenvalue weighted by Crippen LogP contribution is 2.25. The zero-order valence-electron chi connectivity index (χ0n) is 9.31. The molecule has 0 radical (unpaired) electrons. The van der Waals surface area contributed by atoms with E-state index in [-0.39, 0.29) is 0 Å². The molecule has 0 aliphatic rings. The van der Waals surface area contributed by atoms with Gasteiger partial charge in [0.1, 0.15) is 6.10 Å². The third-order valence-corrected chi connectivity index (χ3v) is 3.17. The van der Waals surface area contributed by atoms with Gasteiger partial charge in [-0.05, 0) is 36.2 Å². The molecule has 4 nitrogen and oxygen atoms in total. The van der Waals surface area contributed by atoms with E-state index in [4.69, 9.17) is 11.0 Å². The molecule has 1 rings (SSSR count). The highest BCUT2D eigenvalue weighted by Gasteiger charge is 2.20. The third-order valence-electron chi connectivity index (χ3n) is 2.56. The SMILES string of the molecule is N#Cc1ccc(CBr)c(C(O)C(O)CCN)c1. The van der Waals surface area contributed by atoms with E-state index in [1.54, 1.807) is 18.2 Å². The second kappa shape index (κ2) is 6.72. The van der Waals surface area contributed by atoms with Gasteiger partial charge in [-0.25, -0.2) is 0 Å². The summed E-state index contributed by atoms with van der Waals surface area (Å²) in [5.74, 6) is 0. The number of benzene rings is 1. The van der Waals surface area contributed by atoms with Crippen LogP contribution in [-0.4, -0.2) is 22.9 Å². The van der Waals surface area contributed by atoms with E-state index in [1.807, 2.05) is 6.07 Å². The number of rotatable bonds is 5. The van der Waals surface area contributed by atoms with Crippen LogP contribution < -0.4 is 5.73 Å². The number of aliphatic hydroxyl groups excluding tert-OH is 2. The van der Waals surface area contributed by atoms with Crippen LogP contribution in [0.1, 0.15) is 29.2 Å². The fraction of sp³-hybridized carbons (Fsp3) is 0.417. The summed E-state index contributed by atoms with van der Waals surface area (Å²) >= 11 is 3.31. The number of nitriles is 1. The summed E-state index contributed by atoms with van der Waals surface area (Å²) in [6.07, 6.45) is -1.61. The van der Waals surface area contributed by atoms with Gasteiger partial charge in [-0.2, -0.15) is 5.26 Å². The maximum absolute atomic E-state index is 10.0. The molecule has 0 spiro atoms. The first-order valence-corrected chi connectivity index (χ1v) is 6.41. The smallest absolute Gasteiger partial charge is 0.105 e. The fourth-order valence-electron chi connectivity index (χ4n) is 1.60. The van der Waals surface area contributed by atoms with E-state index in [1.165, 1.54) is 0 Å². The summed E-state index contributed by atoms with van der Waals surface area (Å²) in [5, 5.41) is 29.1. The van der Waals surface area contributed by atoms with Crippen molar-refractivity contribution < 1.29 is 10.2 Å². The molecule has 2 unspecified atom stereocenters. The van der Waals surface area contributed by atoms with Crippen LogP contribution in [0, 0.1) is 11.3 Å². The molecule has 0 amide bonds. The molecule has 0 bridgehead atoms. The molecule has 2 atom stereocenters. The second-order valence-electron chi connectivity index (χ2n) is 3.75. The van der Waals surface area contributed by atoms with Crippen molar-refractivity contribution >= 4 is 15.9 Å². The molecule has 1 aromatic rings. The number of aliphatic hydroxyl groups is 2. The van der Waals surface area contributed by atoms with E-state index in [9.17, 15) is 10.2 Å². The van der Waals surface area contributed by atoms with Gasteiger partial charge in [0, 0.05) is 5.33 Å². The average Bonchev–Trinajstić information content (AvgIpc) is 2.37. The molecule has 0 aliphatic heterocycles. The minimum absolute atomic E-state index is 0.305. The van der Waals surface area contributed by atoms with Crippen molar-refractivity contribution in [1.82, 2.24) is 0 Å². The van der Waals surface area contributed by atoms with Crippen molar-refractivity contribution in [2.45, 2.75) is 24.0 Å². The van der Waals surface area contributed by atoms with Crippen molar-refractivity contribution in [2.24, 2.45) is 5.73 Å². The number of nitrogens with zero attached hydrogens (tertiary/aromatic N) is 1. The Bertz CT molecular complexity index is 417. The third kappa shape index (κ3) is 3.51. The maximum Gasteiger partial charge on any atom is 0.105 e. The van der Waals surface area contributed by atoms with Crippen LogP contribution in [-0.2, 0) is 5.33 Å². The molecule has 0 fully saturated rings. The lowest BCUT2D eigenvalue weighted by Gasteiger charge is -2.20. The van der Waals surface area contributed by atoms with Gasteiger partial charge < -0.3 is 15.9 Å². The standard InChI is InChI=1S/C12H15BrN2O2/c13-6-9-2-1-8(7-15)5-10(9)12(17)11(16)3-4-14/h1-2,5,11-12,16-17H,3-4,6,14H2. The molecule has 0 saturated heterocycles. The quantitative estimate of drug-likeness (QED) is 0.713. The Morgan fingerprint density at radius 1 is 1.41 bits per heavy atom. The zero-order valence-corrected chi connectivity index (χ0v) is 10.9. The molecule has 92 valence electrons. The Hall–Kier alpha value is -0.930. The van der Waals surface area contributed by atoms with E-state index in [2.05, 4.69) is 15.9 Å². The normalized spacial score (nSPS) is 14.1. The Morgan fingerprint density at radius 3 is 2.65 bits per heavy atom. The lowest BCUT2D eigenvalue weighted by Crippen LogP contribution is -2.22. The maximum atomic E-state index is 10.0. The first-order chi connectivity index (χ1) is 8.13. The molecular weight excluding hydrogens is 284 g/mol. The summed E-state index contributed by atoms with van der Waals surface area (Å²) in [6.45, 7) is 0.305. The Morgan fingerprint density at radius 2 is 2.12 bits per heavy atom. The topological polar surface area (TPSA) is 90.3 Å². The van der Waals surface area contributed by atoms with Gasteiger partial charge in [0.05, 0.1) is 17.7 Å². The van der Waals surface area contributed by atoms with Crippen molar-refractivity contribution in [3.8, 4) is 6.07 Å². The summed E-state index contributed by atoms with van der Waals surface area (Å²) in [4.78, 5) is 0. The number of alkyl halides is 1. The molecule has 0 aromatic heterocycles. The van der Waals surface area contributed by atoms with Crippen molar-refractivity contribution in [2.75, 3.05) is 6.54 Å². The van der Waals surface area contributed by atoms with Gasteiger partial charge in [-0.15, -0.1) is 0 Å². The molecule has 5 heteroatoms. The predicted octanol–water partition coefficient (Wildman–Crippen LogP) is 1.20. The van der Waals surface area contributed by atoms with Crippen molar-refractivity contribution in [1.29, 1.82) is 5.26 Å². The summed E-state index contributed by atoms with van der Waals surface area (Å²) in [5.41, 5.74) is 7.23. The van der Waals surface area contributed by atoms with Gasteiger partial charge in [-0.1, -0.05) is 22.0 Å². The van der Waals surface area contributed by atoms with E-state index >= 15 is 0 Å². The first-order valence-electron chi connectivity index (χ1n) is 5.29. The molecular formula is C12H15BrN2O2. The van der Waals surface area contributed by atoms with Gasteiger partial charge in [0.2, 0.25) is 0 Å². The van der Waals surface area contributed by atoms with Crippen LogP contribution in [0.2, 0.25) is 0 Å². The van der Waals surface area contributed by atoms with Crippen LogP contribution in [0.4, 0.5) is 0 Å². The van der Waals surface area contributed by atoms with Crippen LogP contribution in [0.25, 0.3) is 0 Å². The largest absolute Gasteiger partial charge is 0.390 e. The van der Waals surface area contributed by atoms with E-state index in [0.717, 1.165) is 5.56 Å². The summed E-state index contributed by atoms with van der Waals surface area (Å²) in [7, 11) is 0. The lowest BCUT2D eigenvalue weighted by molar-refractivity contribution is 0.0146. The fourth-order valence-corrected chi connectivity index (χ4v) is 2.11.